The second-order valence-electron chi connectivity index (χ2n) is 5.22. The van der Waals surface area contributed by atoms with Crippen LogP contribution in [0, 0.1) is 10.1 Å². The van der Waals surface area contributed by atoms with Gasteiger partial charge in [0, 0.05) is 24.6 Å². The van der Waals surface area contributed by atoms with Gasteiger partial charge in [-0.15, -0.1) is 0 Å². The molecular formula is C13H14N2O6. The monoisotopic (exact) mass is 294 g/mol. The SMILES string of the molecule is CC(=O)N(O)C1C(=O)C(C)(C)Oc2ccc([N+](=O)[O-])cc21. The van der Waals surface area contributed by atoms with Crippen molar-refractivity contribution in [3.63, 3.8) is 0 Å². The van der Waals surface area contributed by atoms with Crippen molar-refractivity contribution in [3.8, 4) is 5.75 Å². The lowest BCUT2D eigenvalue weighted by Crippen LogP contribution is -2.50. The molecule has 1 atom stereocenters. The molecule has 1 aromatic rings. The number of nitro benzene ring substituents is 1. The number of hydrogen-bond donors (Lipinski definition) is 1. The summed E-state index contributed by atoms with van der Waals surface area (Å²) >= 11 is 0. The summed E-state index contributed by atoms with van der Waals surface area (Å²) in [6, 6.07) is 2.38. The maximum absolute atomic E-state index is 12.4. The van der Waals surface area contributed by atoms with Crippen LogP contribution in [0.3, 0.4) is 0 Å². The fraction of sp³-hybridized carbons (Fsp3) is 0.385. The molecule has 1 aliphatic rings. The fourth-order valence-electron chi connectivity index (χ4n) is 2.18. The molecule has 0 saturated heterocycles. The first-order chi connectivity index (χ1) is 9.65. The molecule has 1 unspecified atom stereocenters. The van der Waals surface area contributed by atoms with Crippen LogP contribution < -0.4 is 4.74 Å². The smallest absolute Gasteiger partial charge is 0.270 e. The zero-order valence-electron chi connectivity index (χ0n) is 11.7. The molecule has 0 bridgehead atoms. The van der Waals surface area contributed by atoms with Crippen LogP contribution in [-0.4, -0.2) is 32.5 Å². The number of fused-ring (bicyclic) bond motifs is 1. The normalized spacial score (nSPS) is 19.4. The minimum Gasteiger partial charge on any atom is -0.480 e. The Bertz CT molecular complexity index is 640. The number of ether oxygens (including phenoxy) is 1. The topological polar surface area (TPSA) is 110 Å². The first-order valence-electron chi connectivity index (χ1n) is 6.15. The predicted octanol–water partition coefficient (Wildman–Crippen LogP) is 1.61. The molecule has 0 saturated carbocycles. The molecule has 1 amide bonds. The van der Waals surface area contributed by atoms with E-state index in [4.69, 9.17) is 4.74 Å². The Morgan fingerprint density at radius 1 is 1.48 bits per heavy atom. The van der Waals surface area contributed by atoms with E-state index in [1.807, 2.05) is 0 Å². The van der Waals surface area contributed by atoms with E-state index >= 15 is 0 Å². The Labute approximate surface area is 120 Å². The number of hydroxylamine groups is 2. The van der Waals surface area contributed by atoms with Gasteiger partial charge in [-0.25, -0.2) is 5.06 Å². The molecule has 1 aliphatic heterocycles. The first-order valence-corrected chi connectivity index (χ1v) is 6.15. The average Bonchev–Trinajstić information content (AvgIpc) is 2.38. The van der Waals surface area contributed by atoms with Crippen molar-refractivity contribution >= 4 is 17.4 Å². The Kier molecular flexibility index (Phi) is 3.42. The summed E-state index contributed by atoms with van der Waals surface area (Å²) < 4.78 is 5.51. The van der Waals surface area contributed by atoms with Crippen LogP contribution in [0.5, 0.6) is 5.75 Å². The predicted molar refractivity (Wildman–Crippen MR) is 69.9 cm³/mol. The summed E-state index contributed by atoms with van der Waals surface area (Å²) in [4.78, 5) is 34.0. The molecule has 0 radical (unpaired) electrons. The number of Topliss-reactive ketones (excluding diaryl/α,β-unsaturated/α-hetero) is 1. The van der Waals surface area contributed by atoms with Crippen LogP contribution in [0.4, 0.5) is 5.69 Å². The molecule has 0 fully saturated rings. The number of non-ortho nitro benzene ring substituents is 1. The highest BCUT2D eigenvalue weighted by atomic mass is 16.6. The fourth-order valence-corrected chi connectivity index (χ4v) is 2.18. The van der Waals surface area contributed by atoms with Crippen molar-refractivity contribution < 1.29 is 24.5 Å². The molecule has 0 spiro atoms. The van der Waals surface area contributed by atoms with Gasteiger partial charge in [-0.3, -0.25) is 24.9 Å². The number of nitrogens with zero attached hydrogens (tertiary/aromatic N) is 2. The molecular weight excluding hydrogens is 280 g/mol. The van der Waals surface area contributed by atoms with E-state index in [2.05, 4.69) is 0 Å². The van der Waals surface area contributed by atoms with Crippen molar-refractivity contribution in [3.05, 3.63) is 33.9 Å². The standard InChI is InChI=1S/C13H14N2O6/c1-7(16)14(18)11-9-6-8(15(19)20)4-5-10(9)21-13(2,3)12(11)17/h4-6,11,18H,1-3H3. The lowest BCUT2D eigenvalue weighted by molar-refractivity contribution is -0.385. The highest BCUT2D eigenvalue weighted by Gasteiger charge is 2.46. The van der Waals surface area contributed by atoms with Crippen molar-refractivity contribution in [2.45, 2.75) is 32.4 Å². The molecule has 8 nitrogen and oxygen atoms in total. The van der Waals surface area contributed by atoms with Crippen molar-refractivity contribution in [2.75, 3.05) is 0 Å². The number of amides is 1. The third-order valence-electron chi connectivity index (χ3n) is 3.27. The largest absolute Gasteiger partial charge is 0.480 e. The third-order valence-corrected chi connectivity index (χ3v) is 3.27. The second kappa shape index (κ2) is 4.81. The Morgan fingerprint density at radius 3 is 2.62 bits per heavy atom. The van der Waals surface area contributed by atoms with E-state index in [0.717, 1.165) is 13.0 Å². The summed E-state index contributed by atoms with van der Waals surface area (Å²) in [5.74, 6) is -1.09. The van der Waals surface area contributed by atoms with Gasteiger partial charge in [0.15, 0.2) is 11.6 Å². The van der Waals surface area contributed by atoms with Crippen LogP contribution in [-0.2, 0) is 9.59 Å². The van der Waals surface area contributed by atoms with Gasteiger partial charge in [0.1, 0.15) is 5.75 Å². The van der Waals surface area contributed by atoms with Crippen LogP contribution in [0.1, 0.15) is 32.4 Å². The van der Waals surface area contributed by atoms with E-state index in [-0.39, 0.29) is 22.1 Å². The van der Waals surface area contributed by atoms with Gasteiger partial charge >= 0.3 is 0 Å². The van der Waals surface area contributed by atoms with Gasteiger partial charge < -0.3 is 4.74 Å². The van der Waals surface area contributed by atoms with Crippen molar-refractivity contribution in [1.29, 1.82) is 0 Å². The summed E-state index contributed by atoms with van der Waals surface area (Å²) in [5, 5.41) is 21.0. The van der Waals surface area contributed by atoms with E-state index in [9.17, 15) is 24.9 Å². The van der Waals surface area contributed by atoms with Crippen LogP contribution >= 0.6 is 0 Å². The van der Waals surface area contributed by atoms with E-state index in [0.29, 0.717) is 0 Å². The first kappa shape index (κ1) is 14.9. The minimum atomic E-state index is -1.33. The van der Waals surface area contributed by atoms with Crippen molar-refractivity contribution in [2.24, 2.45) is 0 Å². The van der Waals surface area contributed by atoms with Gasteiger partial charge in [0.05, 0.1) is 4.92 Å². The zero-order valence-corrected chi connectivity index (χ0v) is 11.7. The van der Waals surface area contributed by atoms with Gasteiger partial charge in [0.2, 0.25) is 11.7 Å². The average molecular weight is 294 g/mol. The highest BCUT2D eigenvalue weighted by Crippen LogP contribution is 2.41. The molecule has 0 aliphatic carbocycles. The molecule has 1 aromatic carbocycles. The molecule has 2 rings (SSSR count). The second-order valence-corrected chi connectivity index (χ2v) is 5.22. The zero-order chi connectivity index (χ0) is 15.9. The van der Waals surface area contributed by atoms with Crippen LogP contribution in [0.25, 0.3) is 0 Å². The number of carbonyl (C=O) groups is 2. The van der Waals surface area contributed by atoms with Crippen LogP contribution in [0.15, 0.2) is 18.2 Å². The number of carbonyl (C=O) groups excluding carboxylic acids is 2. The summed E-state index contributed by atoms with van der Waals surface area (Å²) in [6.45, 7) is 4.09. The number of benzene rings is 1. The summed E-state index contributed by atoms with van der Waals surface area (Å²) in [5.41, 5.74) is -1.43. The van der Waals surface area contributed by atoms with E-state index < -0.39 is 28.3 Å². The molecule has 0 aromatic heterocycles. The number of hydrogen-bond acceptors (Lipinski definition) is 6. The minimum absolute atomic E-state index is 0.0891. The molecule has 1 heterocycles. The van der Waals surface area contributed by atoms with Crippen molar-refractivity contribution in [1.82, 2.24) is 5.06 Å². The molecule has 21 heavy (non-hydrogen) atoms. The third kappa shape index (κ3) is 2.45. The van der Waals surface area contributed by atoms with E-state index in [1.165, 1.54) is 26.0 Å². The van der Waals surface area contributed by atoms with E-state index in [1.54, 1.807) is 0 Å². The molecule has 8 heteroatoms. The number of rotatable bonds is 2. The maximum atomic E-state index is 12.4. The van der Waals surface area contributed by atoms with Crippen LogP contribution in [0.2, 0.25) is 0 Å². The van der Waals surface area contributed by atoms with Gasteiger partial charge in [0.25, 0.3) is 5.69 Å². The Balaban J connectivity index is 2.63. The maximum Gasteiger partial charge on any atom is 0.270 e. The lowest BCUT2D eigenvalue weighted by atomic mass is 9.87. The van der Waals surface area contributed by atoms with Gasteiger partial charge in [-0.05, 0) is 19.9 Å². The Morgan fingerprint density at radius 2 is 2.10 bits per heavy atom. The summed E-state index contributed by atoms with van der Waals surface area (Å²) in [6.07, 6.45) is 0. The summed E-state index contributed by atoms with van der Waals surface area (Å²) in [7, 11) is 0. The number of ketones is 1. The Hall–Kier alpha value is -2.48. The quantitative estimate of drug-likeness (QED) is 0.504. The number of nitro groups is 1. The van der Waals surface area contributed by atoms with Gasteiger partial charge in [-0.2, -0.15) is 0 Å². The lowest BCUT2D eigenvalue weighted by Gasteiger charge is -2.38. The highest BCUT2D eigenvalue weighted by molar-refractivity contribution is 5.96. The van der Waals surface area contributed by atoms with Gasteiger partial charge in [-0.1, -0.05) is 0 Å². The molecule has 1 N–H and O–H groups in total. The molecule has 112 valence electrons.